The number of aliphatic carboxylic acids is 1. The number of fused-ring (bicyclic) bond motifs is 2. The van der Waals surface area contributed by atoms with Gasteiger partial charge in [-0.2, -0.15) is 0 Å². The number of anilines is 1. The SMILES string of the molecule is COc1ccc2c(c1)NC(=O)/C2=C\c1[nH]c2c(c1CCC(=O)O)CCCCC2. The first-order valence-corrected chi connectivity index (χ1v) is 9.72. The molecule has 1 amide bonds. The number of carbonyl (C=O) groups is 2. The summed E-state index contributed by atoms with van der Waals surface area (Å²) in [6, 6.07) is 5.52. The Morgan fingerprint density at radius 2 is 2.07 bits per heavy atom. The zero-order valence-corrected chi connectivity index (χ0v) is 15.9. The number of rotatable bonds is 5. The maximum atomic E-state index is 12.6. The molecular formula is C22H24N2O4. The molecule has 0 bridgehead atoms. The second-order valence-electron chi connectivity index (χ2n) is 7.35. The maximum Gasteiger partial charge on any atom is 0.303 e. The van der Waals surface area contributed by atoms with Crippen LogP contribution in [0.1, 0.15) is 53.8 Å². The minimum Gasteiger partial charge on any atom is -0.497 e. The number of carboxylic acids is 1. The van der Waals surface area contributed by atoms with E-state index < -0.39 is 5.97 Å². The molecule has 2 heterocycles. The Labute approximate surface area is 163 Å². The minimum atomic E-state index is -0.807. The van der Waals surface area contributed by atoms with Gasteiger partial charge in [0, 0.05) is 29.4 Å². The fourth-order valence-electron chi connectivity index (χ4n) is 4.18. The number of methoxy groups -OCH3 is 1. The number of nitrogens with one attached hydrogen (secondary N) is 2. The average Bonchev–Trinajstić information content (AvgIpc) is 3.05. The highest BCUT2D eigenvalue weighted by Gasteiger charge is 2.26. The van der Waals surface area contributed by atoms with Crippen molar-refractivity contribution in [1.29, 1.82) is 0 Å². The molecule has 146 valence electrons. The summed E-state index contributed by atoms with van der Waals surface area (Å²) in [7, 11) is 1.59. The van der Waals surface area contributed by atoms with Gasteiger partial charge in [0.25, 0.3) is 5.91 Å². The van der Waals surface area contributed by atoms with Crippen LogP contribution in [-0.2, 0) is 28.9 Å². The van der Waals surface area contributed by atoms with Crippen molar-refractivity contribution in [3.63, 3.8) is 0 Å². The monoisotopic (exact) mass is 380 g/mol. The van der Waals surface area contributed by atoms with Crippen LogP contribution in [0.25, 0.3) is 11.6 Å². The molecule has 28 heavy (non-hydrogen) atoms. The Bertz CT molecular complexity index is 971. The molecule has 0 radical (unpaired) electrons. The largest absolute Gasteiger partial charge is 0.497 e. The van der Waals surface area contributed by atoms with E-state index in [1.807, 2.05) is 24.3 Å². The third-order valence-corrected chi connectivity index (χ3v) is 5.58. The van der Waals surface area contributed by atoms with Gasteiger partial charge in [0.15, 0.2) is 0 Å². The minimum absolute atomic E-state index is 0.0838. The van der Waals surface area contributed by atoms with Gasteiger partial charge in [0.2, 0.25) is 0 Å². The first kappa shape index (κ1) is 18.3. The van der Waals surface area contributed by atoms with Gasteiger partial charge in [-0.1, -0.05) is 6.42 Å². The van der Waals surface area contributed by atoms with Crippen LogP contribution < -0.4 is 10.1 Å². The molecule has 0 fully saturated rings. The molecule has 0 saturated carbocycles. The molecule has 6 nitrogen and oxygen atoms in total. The summed E-state index contributed by atoms with van der Waals surface area (Å²) in [6.45, 7) is 0. The predicted molar refractivity (Wildman–Crippen MR) is 108 cm³/mol. The van der Waals surface area contributed by atoms with Crippen LogP contribution >= 0.6 is 0 Å². The molecule has 0 atom stereocenters. The molecule has 3 N–H and O–H groups in total. The number of carboxylic acid groups (broad SMARTS) is 1. The van der Waals surface area contributed by atoms with Gasteiger partial charge >= 0.3 is 5.97 Å². The highest BCUT2D eigenvalue weighted by Crippen LogP contribution is 2.37. The van der Waals surface area contributed by atoms with Gasteiger partial charge in [-0.25, -0.2) is 0 Å². The fraction of sp³-hybridized carbons (Fsp3) is 0.364. The quantitative estimate of drug-likeness (QED) is 0.543. The van der Waals surface area contributed by atoms with Crippen molar-refractivity contribution in [1.82, 2.24) is 4.98 Å². The van der Waals surface area contributed by atoms with E-state index in [2.05, 4.69) is 10.3 Å². The molecular weight excluding hydrogens is 356 g/mol. The van der Waals surface area contributed by atoms with Crippen molar-refractivity contribution in [2.45, 2.75) is 44.9 Å². The van der Waals surface area contributed by atoms with Crippen molar-refractivity contribution in [2.24, 2.45) is 0 Å². The maximum absolute atomic E-state index is 12.6. The smallest absolute Gasteiger partial charge is 0.303 e. The average molecular weight is 380 g/mol. The van der Waals surface area contributed by atoms with E-state index >= 15 is 0 Å². The van der Waals surface area contributed by atoms with Crippen LogP contribution in [-0.4, -0.2) is 29.1 Å². The number of ether oxygens (including phenoxy) is 1. The normalized spacial score (nSPS) is 17.0. The number of carbonyl (C=O) groups excluding carboxylic acids is 1. The van der Waals surface area contributed by atoms with Crippen molar-refractivity contribution in [3.8, 4) is 5.75 Å². The van der Waals surface area contributed by atoms with E-state index in [9.17, 15) is 9.59 Å². The number of H-pyrrole nitrogens is 1. The van der Waals surface area contributed by atoms with Crippen LogP contribution in [0.4, 0.5) is 5.69 Å². The molecule has 0 saturated heterocycles. The van der Waals surface area contributed by atoms with Gasteiger partial charge in [0.1, 0.15) is 5.75 Å². The molecule has 1 aliphatic carbocycles. The Morgan fingerprint density at radius 3 is 2.86 bits per heavy atom. The molecule has 1 aliphatic heterocycles. The lowest BCUT2D eigenvalue weighted by Crippen LogP contribution is -2.04. The summed E-state index contributed by atoms with van der Waals surface area (Å²) in [5, 5.41) is 12.1. The summed E-state index contributed by atoms with van der Waals surface area (Å²) in [4.78, 5) is 27.2. The first-order valence-electron chi connectivity index (χ1n) is 9.72. The lowest BCUT2D eigenvalue weighted by molar-refractivity contribution is -0.137. The number of aromatic nitrogens is 1. The van der Waals surface area contributed by atoms with Crippen LogP contribution in [0.15, 0.2) is 18.2 Å². The van der Waals surface area contributed by atoms with E-state index in [0.29, 0.717) is 17.7 Å². The Hall–Kier alpha value is -3.02. The topological polar surface area (TPSA) is 91.4 Å². The van der Waals surface area contributed by atoms with Gasteiger partial charge in [0.05, 0.1) is 18.4 Å². The van der Waals surface area contributed by atoms with E-state index in [1.54, 1.807) is 7.11 Å². The lowest BCUT2D eigenvalue weighted by Gasteiger charge is -2.05. The fourth-order valence-corrected chi connectivity index (χ4v) is 4.18. The van der Waals surface area contributed by atoms with Crippen molar-refractivity contribution >= 4 is 29.2 Å². The zero-order valence-electron chi connectivity index (χ0n) is 15.9. The van der Waals surface area contributed by atoms with Crippen LogP contribution in [0.5, 0.6) is 5.75 Å². The second kappa shape index (κ2) is 7.54. The highest BCUT2D eigenvalue weighted by molar-refractivity contribution is 6.35. The van der Waals surface area contributed by atoms with Crippen LogP contribution in [0.3, 0.4) is 0 Å². The van der Waals surface area contributed by atoms with Gasteiger partial charge < -0.3 is 20.1 Å². The third kappa shape index (κ3) is 3.42. The molecule has 0 unspecified atom stereocenters. The Morgan fingerprint density at radius 1 is 1.25 bits per heavy atom. The van der Waals surface area contributed by atoms with Crippen molar-refractivity contribution in [2.75, 3.05) is 12.4 Å². The number of hydrogen-bond acceptors (Lipinski definition) is 3. The molecule has 2 aliphatic rings. The molecule has 1 aromatic heterocycles. The molecule has 2 aromatic rings. The van der Waals surface area contributed by atoms with Crippen LogP contribution in [0.2, 0.25) is 0 Å². The van der Waals surface area contributed by atoms with E-state index in [0.717, 1.165) is 48.2 Å². The van der Waals surface area contributed by atoms with Gasteiger partial charge in [-0.05, 0) is 61.4 Å². The second-order valence-corrected chi connectivity index (χ2v) is 7.35. The summed E-state index contributed by atoms with van der Waals surface area (Å²) in [5.74, 6) is -0.274. The highest BCUT2D eigenvalue weighted by atomic mass is 16.5. The Kier molecular flexibility index (Phi) is 4.94. The van der Waals surface area contributed by atoms with Crippen LogP contribution in [0, 0.1) is 0 Å². The predicted octanol–water partition coefficient (Wildman–Crippen LogP) is 3.80. The summed E-state index contributed by atoms with van der Waals surface area (Å²) >= 11 is 0. The summed E-state index contributed by atoms with van der Waals surface area (Å²) in [5.41, 5.74) is 6.50. The molecule has 0 spiro atoms. The van der Waals surface area contributed by atoms with E-state index in [-0.39, 0.29) is 12.3 Å². The number of aromatic amines is 1. The molecule has 6 heteroatoms. The number of hydrogen-bond donors (Lipinski definition) is 3. The van der Waals surface area contributed by atoms with E-state index in [4.69, 9.17) is 9.84 Å². The van der Waals surface area contributed by atoms with Gasteiger partial charge in [-0.15, -0.1) is 0 Å². The Balaban J connectivity index is 1.77. The molecule has 1 aromatic carbocycles. The van der Waals surface area contributed by atoms with E-state index in [1.165, 1.54) is 17.7 Å². The number of amides is 1. The van der Waals surface area contributed by atoms with Crippen molar-refractivity contribution < 1.29 is 19.4 Å². The van der Waals surface area contributed by atoms with Crippen molar-refractivity contribution in [3.05, 3.63) is 46.3 Å². The lowest BCUT2D eigenvalue weighted by atomic mass is 9.98. The standard InChI is InChI=1S/C22H24N2O4/c1-28-13-7-8-16-17(22(27)24-19(16)11-13)12-20-15(9-10-21(25)26)14-5-3-2-4-6-18(14)23-20/h7-8,11-12,23H,2-6,9-10H2,1H3,(H,24,27)(H,25,26)/b17-12-. The molecule has 4 rings (SSSR count). The summed E-state index contributed by atoms with van der Waals surface area (Å²) < 4.78 is 5.24. The third-order valence-electron chi connectivity index (χ3n) is 5.58. The number of benzene rings is 1. The number of aryl methyl sites for hydroxylation is 1. The zero-order chi connectivity index (χ0) is 19.7. The summed E-state index contributed by atoms with van der Waals surface area (Å²) in [6.07, 6.45) is 7.80. The van der Waals surface area contributed by atoms with Gasteiger partial charge in [-0.3, -0.25) is 9.59 Å². The first-order chi connectivity index (χ1) is 13.6.